The predicted molar refractivity (Wildman–Crippen MR) is 74.2 cm³/mol. The topological polar surface area (TPSA) is 61.4 Å². The third-order valence-corrected chi connectivity index (χ3v) is 4.33. The van der Waals surface area contributed by atoms with Gasteiger partial charge in [-0.3, -0.25) is 4.79 Å². The third-order valence-electron chi connectivity index (χ3n) is 4.33. The number of carbonyl (C=O) groups is 1. The third kappa shape index (κ3) is 2.51. The molecule has 3 rings (SSSR count). The summed E-state index contributed by atoms with van der Waals surface area (Å²) in [6.07, 6.45) is 2.69. The summed E-state index contributed by atoms with van der Waals surface area (Å²) in [4.78, 5) is 11.4. The first-order valence-corrected chi connectivity index (χ1v) is 7.02. The van der Waals surface area contributed by atoms with Crippen molar-refractivity contribution >= 4 is 11.6 Å². The van der Waals surface area contributed by atoms with E-state index in [-0.39, 0.29) is 18.4 Å². The lowest BCUT2D eigenvalue weighted by Crippen LogP contribution is -2.32. The van der Waals surface area contributed by atoms with E-state index in [1.165, 1.54) is 5.56 Å². The Morgan fingerprint density at radius 3 is 2.84 bits per heavy atom. The molecule has 1 saturated heterocycles. The second-order valence-electron chi connectivity index (χ2n) is 5.52. The average molecular weight is 260 g/mol. The number of aliphatic hydroxyl groups is 1. The fraction of sp³-hybridized carbons (Fsp3) is 0.533. The van der Waals surface area contributed by atoms with E-state index in [1.54, 1.807) is 0 Å². The van der Waals surface area contributed by atoms with E-state index < -0.39 is 0 Å². The van der Waals surface area contributed by atoms with Gasteiger partial charge >= 0.3 is 0 Å². The Morgan fingerprint density at radius 2 is 2.11 bits per heavy atom. The van der Waals surface area contributed by atoms with Crippen LogP contribution in [0.4, 0.5) is 5.69 Å². The highest BCUT2D eigenvalue weighted by Gasteiger charge is 2.26. The molecule has 0 aliphatic carbocycles. The molecule has 2 heterocycles. The average Bonchev–Trinajstić information content (AvgIpc) is 2.80. The SMILES string of the molecule is O=C1Cc2cc(C(CO)C3CCNCC3)ccc2N1. The maximum atomic E-state index is 11.4. The maximum Gasteiger partial charge on any atom is 0.228 e. The molecule has 4 nitrogen and oxygen atoms in total. The summed E-state index contributed by atoms with van der Waals surface area (Å²) in [7, 11) is 0. The molecule has 0 bridgehead atoms. The van der Waals surface area contributed by atoms with Crippen molar-refractivity contribution in [1.29, 1.82) is 0 Å². The molecule has 1 aromatic carbocycles. The minimum absolute atomic E-state index is 0.0644. The van der Waals surface area contributed by atoms with Crippen molar-refractivity contribution in [2.75, 3.05) is 25.0 Å². The molecule has 2 aliphatic heterocycles. The lowest BCUT2D eigenvalue weighted by molar-refractivity contribution is -0.115. The van der Waals surface area contributed by atoms with Crippen molar-refractivity contribution in [1.82, 2.24) is 5.32 Å². The molecule has 0 aromatic heterocycles. The van der Waals surface area contributed by atoms with E-state index in [1.807, 2.05) is 12.1 Å². The molecule has 3 N–H and O–H groups in total. The first-order valence-electron chi connectivity index (χ1n) is 7.02. The summed E-state index contributed by atoms with van der Waals surface area (Å²) in [5.41, 5.74) is 3.16. The largest absolute Gasteiger partial charge is 0.396 e. The van der Waals surface area contributed by atoms with E-state index in [9.17, 15) is 9.90 Å². The zero-order chi connectivity index (χ0) is 13.2. The van der Waals surface area contributed by atoms with Gasteiger partial charge in [-0.15, -0.1) is 0 Å². The molecule has 1 fully saturated rings. The van der Waals surface area contributed by atoms with Crippen LogP contribution in [0.1, 0.15) is 29.9 Å². The standard InChI is InChI=1S/C15H20N2O2/c18-9-13(10-3-5-16-6-4-10)11-1-2-14-12(7-11)8-15(19)17-14/h1-2,7,10,13,16,18H,3-6,8-9H2,(H,17,19). The Balaban J connectivity index is 1.83. The second-order valence-corrected chi connectivity index (χ2v) is 5.52. The lowest BCUT2D eigenvalue weighted by Gasteiger charge is -2.30. The van der Waals surface area contributed by atoms with E-state index in [2.05, 4.69) is 16.7 Å². The van der Waals surface area contributed by atoms with Crippen LogP contribution in [-0.4, -0.2) is 30.7 Å². The van der Waals surface area contributed by atoms with Gasteiger partial charge in [0.1, 0.15) is 0 Å². The van der Waals surface area contributed by atoms with Crippen LogP contribution in [-0.2, 0) is 11.2 Å². The minimum Gasteiger partial charge on any atom is -0.396 e. The monoisotopic (exact) mass is 260 g/mol. The normalized spacial score (nSPS) is 21.0. The Labute approximate surface area is 113 Å². The summed E-state index contributed by atoms with van der Waals surface area (Å²) < 4.78 is 0. The highest BCUT2D eigenvalue weighted by atomic mass is 16.3. The van der Waals surface area contributed by atoms with Crippen molar-refractivity contribution in [3.8, 4) is 0 Å². The Morgan fingerprint density at radius 1 is 1.32 bits per heavy atom. The van der Waals surface area contributed by atoms with Crippen LogP contribution < -0.4 is 10.6 Å². The number of anilines is 1. The van der Waals surface area contributed by atoms with Crippen LogP contribution in [0.15, 0.2) is 18.2 Å². The van der Waals surface area contributed by atoms with E-state index in [4.69, 9.17) is 0 Å². The van der Waals surface area contributed by atoms with Gasteiger partial charge in [-0.1, -0.05) is 12.1 Å². The first-order chi connectivity index (χ1) is 9.28. The Bertz CT molecular complexity index is 481. The number of rotatable bonds is 3. The number of piperidine rings is 1. The van der Waals surface area contributed by atoms with Gasteiger partial charge in [-0.05, 0) is 49.0 Å². The number of hydrogen-bond acceptors (Lipinski definition) is 3. The molecule has 1 unspecified atom stereocenters. The van der Waals surface area contributed by atoms with Crippen molar-refractivity contribution in [2.45, 2.75) is 25.2 Å². The summed E-state index contributed by atoms with van der Waals surface area (Å²) in [5, 5.41) is 15.9. The van der Waals surface area contributed by atoms with Gasteiger partial charge in [-0.25, -0.2) is 0 Å². The van der Waals surface area contributed by atoms with Gasteiger partial charge in [-0.2, -0.15) is 0 Å². The molecule has 4 heteroatoms. The smallest absolute Gasteiger partial charge is 0.228 e. The van der Waals surface area contributed by atoms with Gasteiger partial charge in [0.15, 0.2) is 0 Å². The van der Waals surface area contributed by atoms with Gasteiger partial charge in [0.05, 0.1) is 13.0 Å². The van der Waals surface area contributed by atoms with Crippen LogP contribution in [0.5, 0.6) is 0 Å². The number of hydrogen-bond donors (Lipinski definition) is 3. The zero-order valence-electron chi connectivity index (χ0n) is 11.0. The molecular formula is C15H20N2O2. The minimum atomic E-state index is 0.0644. The van der Waals surface area contributed by atoms with E-state index >= 15 is 0 Å². The Kier molecular flexibility index (Phi) is 3.53. The highest BCUT2D eigenvalue weighted by Crippen LogP contribution is 2.34. The molecule has 0 radical (unpaired) electrons. The molecule has 1 aromatic rings. The number of amides is 1. The molecule has 0 saturated carbocycles. The van der Waals surface area contributed by atoms with Crippen molar-refractivity contribution in [2.24, 2.45) is 5.92 Å². The van der Waals surface area contributed by atoms with E-state index in [0.717, 1.165) is 37.2 Å². The van der Waals surface area contributed by atoms with Gasteiger partial charge in [0, 0.05) is 11.6 Å². The van der Waals surface area contributed by atoms with Crippen LogP contribution in [0, 0.1) is 5.92 Å². The fourth-order valence-electron chi connectivity index (χ4n) is 3.25. The fourth-order valence-corrected chi connectivity index (χ4v) is 3.25. The number of carbonyl (C=O) groups excluding carboxylic acids is 1. The quantitative estimate of drug-likeness (QED) is 0.766. The molecule has 1 atom stereocenters. The summed E-state index contributed by atoms with van der Waals surface area (Å²) in [6, 6.07) is 6.11. The van der Waals surface area contributed by atoms with Crippen LogP contribution in [0.25, 0.3) is 0 Å². The number of benzene rings is 1. The van der Waals surface area contributed by atoms with Gasteiger partial charge in [0.25, 0.3) is 0 Å². The second kappa shape index (κ2) is 5.31. The predicted octanol–water partition coefficient (Wildman–Crippen LogP) is 1.26. The molecule has 19 heavy (non-hydrogen) atoms. The van der Waals surface area contributed by atoms with Gasteiger partial charge < -0.3 is 15.7 Å². The van der Waals surface area contributed by atoms with Crippen LogP contribution in [0.2, 0.25) is 0 Å². The molecular weight excluding hydrogens is 240 g/mol. The van der Waals surface area contributed by atoms with Crippen molar-refractivity contribution in [3.05, 3.63) is 29.3 Å². The van der Waals surface area contributed by atoms with Crippen molar-refractivity contribution in [3.63, 3.8) is 0 Å². The number of nitrogens with one attached hydrogen (secondary N) is 2. The van der Waals surface area contributed by atoms with Crippen LogP contribution in [0.3, 0.4) is 0 Å². The maximum absolute atomic E-state index is 11.4. The summed E-state index contributed by atoms with van der Waals surface area (Å²) in [5.74, 6) is 0.798. The molecule has 1 amide bonds. The summed E-state index contributed by atoms with van der Waals surface area (Å²) in [6.45, 7) is 2.25. The Hall–Kier alpha value is -1.39. The number of fused-ring (bicyclic) bond motifs is 1. The zero-order valence-corrected chi connectivity index (χ0v) is 11.0. The summed E-state index contributed by atoms with van der Waals surface area (Å²) >= 11 is 0. The molecule has 2 aliphatic rings. The van der Waals surface area contributed by atoms with Crippen LogP contribution >= 0.6 is 0 Å². The molecule has 0 spiro atoms. The number of aliphatic hydroxyl groups excluding tert-OH is 1. The molecule has 102 valence electrons. The lowest BCUT2D eigenvalue weighted by atomic mass is 9.80. The first kappa shape index (κ1) is 12.6. The van der Waals surface area contributed by atoms with Gasteiger partial charge in [0.2, 0.25) is 5.91 Å². The highest BCUT2D eigenvalue weighted by molar-refractivity contribution is 5.99. The van der Waals surface area contributed by atoms with E-state index in [0.29, 0.717) is 12.3 Å². The van der Waals surface area contributed by atoms with Crippen molar-refractivity contribution < 1.29 is 9.90 Å².